The van der Waals surface area contributed by atoms with Gasteiger partial charge in [0, 0.05) is 29.5 Å². The summed E-state index contributed by atoms with van der Waals surface area (Å²) in [5.41, 5.74) is 4.06. The lowest BCUT2D eigenvalue weighted by molar-refractivity contribution is 0.102. The number of para-hydroxylation sites is 1. The Hall–Kier alpha value is -4.04. The number of amides is 1. The average molecular weight is 462 g/mol. The van der Waals surface area contributed by atoms with Gasteiger partial charge in [0.15, 0.2) is 0 Å². The normalized spacial score (nSPS) is 10.8. The predicted molar refractivity (Wildman–Crippen MR) is 137 cm³/mol. The van der Waals surface area contributed by atoms with Crippen molar-refractivity contribution in [2.24, 2.45) is 0 Å². The molecule has 6 nitrogen and oxygen atoms in total. The topological polar surface area (TPSA) is 77.0 Å². The van der Waals surface area contributed by atoms with Crippen molar-refractivity contribution in [3.05, 3.63) is 90.8 Å². The van der Waals surface area contributed by atoms with Gasteiger partial charge in [-0.15, -0.1) is 0 Å². The smallest absolute Gasteiger partial charge is 0.274 e. The summed E-state index contributed by atoms with van der Waals surface area (Å²) in [6.45, 7) is 0.341. The molecule has 1 N–H and O–H groups in total. The summed E-state index contributed by atoms with van der Waals surface area (Å²) >= 11 is 1.48. The van der Waals surface area contributed by atoms with Crippen molar-refractivity contribution in [3.8, 4) is 27.6 Å². The van der Waals surface area contributed by atoms with E-state index in [0.717, 1.165) is 26.5 Å². The van der Waals surface area contributed by atoms with E-state index in [1.165, 1.54) is 11.3 Å². The van der Waals surface area contributed by atoms with Crippen molar-refractivity contribution in [2.45, 2.75) is 6.32 Å². The highest BCUT2D eigenvalue weighted by atomic mass is 32.1. The molecule has 0 atom stereocenters. The van der Waals surface area contributed by atoms with Gasteiger partial charge in [0.1, 0.15) is 26.8 Å². The van der Waals surface area contributed by atoms with E-state index in [-0.39, 0.29) is 11.6 Å². The summed E-state index contributed by atoms with van der Waals surface area (Å²) in [6, 6.07) is 24.4. The zero-order chi connectivity index (χ0) is 23.3. The second-order valence-electron chi connectivity index (χ2n) is 7.42. The molecule has 0 aliphatic carbocycles. The molecular formula is C26H19BN4O2S. The molecule has 0 fully saturated rings. The minimum absolute atomic E-state index is 0.245. The highest BCUT2D eigenvalue weighted by Gasteiger charge is 2.16. The fourth-order valence-corrected chi connectivity index (χ4v) is 4.44. The number of nitrogens with zero attached hydrogens (tertiary/aromatic N) is 3. The Balaban J connectivity index is 1.49. The van der Waals surface area contributed by atoms with E-state index in [1.807, 2.05) is 72.8 Å². The second kappa shape index (κ2) is 9.85. The van der Waals surface area contributed by atoms with E-state index in [2.05, 4.69) is 20.3 Å². The van der Waals surface area contributed by atoms with Crippen molar-refractivity contribution in [2.75, 3.05) is 11.9 Å². The summed E-state index contributed by atoms with van der Waals surface area (Å²) in [4.78, 5) is 27.8. The van der Waals surface area contributed by atoms with Gasteiger partial charge in [-0.25, -0.2) is 15.0 Å². The number of benzene rings is 2. The number of ether oxygens (including phenoxy) is 1. The van der Waals surface area contributed by atoms with Crippen LogP contribution in [-0.4, -0.2) is 35.3 Å². The Kier molecular flexibility index (Phi) is 6.31. The Morgan fingerprint density at radius 1 is 0.971 bits per heavy atom. The third-order valence-electron chi connectivity index (χ3n) is 5.06. The number of hydrogen-bond acceptors (Lipinski definition) is 6. The molecule has 2 aromatic carbocycles. The van der Waals surface area contributed by atoms with E-state index in [4.69, 9.17) is 12.6 Å². The second-order valence-corrected chi connectivity index (χ2v) is 8.40. The molecule has 3 heterocycles. The summed E-state index contributed by atoms with van der Waals surface area (Å²) < 4.78 is 5.72. The number of rotatable bonds is 7. The maximum atomic E-state index is 13.3. The van der Waals surface area contributed by atoms with Gasteiger partial charge in [-0.3, -0.25) is 4.79 Å². The molecule has 0 unspecified atom stereocenters. The first-order valence-electron chi connectivity index (χ1n) is 10.7. The van der Waals surface area contributed by atoms with Crippen molar-refractivity contribution in [1.82, 2.24) is 15.0 Å². The van der Waals surface area contributed by atoms with Crippen molar-refractivity contribution < 1.29 is 9.53 Å². The number of thiazole rings is 1. The standard InChI is InChI=1S/C26H19BN4O2S/c27-12-14-33-18-15-22(17-7-2-1-3-8-17)29-23(16-18)24(32)30-20-10-5-4-9-19(20)25-31-21-11-6-13-28-26(21)34-25/h1-11,13,15-16H,12,14H2,(H,30,32). The van der Waals surface area contributed by atoms with Crippen molar-refractivity contribution in [1.29, 1.82) is 0 Å². The maximum absolute atomic E-state index is 13.3. The summed E-state index contributed by atoms with van der Waals surface area (Å²) in [5.74, 6) is 0.192. The van der Waals surface area contributed by atoms with Crippen LogP contribution in [0.4, 0.5) is 5.69 Å². The third-order valence-corrected chi connectivity index (χ3v) is 6.07. The van der Waals surface area contributed by atoms with Crippen molar-refractivity contribution in [3.63, 3.8) is 0 Å². The first-order valence-corrected chi connectivity index (χ1v) is 11.6. The number of nitrogens with one attached hydrogen (secondary N) is 1. The predicted octanol–water partition coefficient (Wildman–Crippen LogP) is 5.64. The van der Waals surface area contributed by atoms with Crippen LogP contribution in [0.15, 0.2) is 85.1 Å². The minimum atomic E-state index is -0.345. The van der Waals surface area contributed by atoms with Crippen LogP contribution in [0.3, 0.4) is 0 Å². The number of pyridine rings is 2. The number of anilines is 1. The van der Waals surface area contributed by atoms with E-state index < -0.39 is 0 Å². The Labute approximate surface area is 202 Å². The summed E-state index contributed by atoms with van der Waals surface area (Å²) in [6.07, 6.45) is 2.11. The van der Waals surface area contributed by atoms with Crippen LogP contribution in [0.5, 0.6) is 5.75 Å². The van der Waals surface area contributed by atoms with Gasteiger partial charge in [-0.2, -0.15) is 0 Å². The first kappa shape index (κ1) is 21.8. The van der Waals surface area contributed by atoms with Crippen LogP contribution in [-0.2, 0) is 0 Å². The molecule has 3 aromatic heterocycles. The molecule has 8 heteroatoms. The summed E-state index contributed by atoms with van der Waals surface area (Å²) in [7, 11) is 5.60. The van der Waals surface area contributed by atoms with Crippen molar-refractivity contribution >= 4 is 41.1 Å². The van der Waals surface area contributed by atoms with Gasteiger partial charge in [0.2, 0.25) is 0 Å². The quantitative estimate of drug-likeness (QED) is 0.317. The minimum Gasteiger partial charge on any atom is -0.494 e. The van der Waals surface area contributed by atoms with E-state index >= 15 is 0 Å². The zero-order valence-corrected chi connectivity index (χ0v) is 19.0. The molecule has 0 aliphatic heterocycles. The largest absolute Gasteiger partial charge is 0.494 e. The molecule has 0 bridgehead atoms. The highest BCUT2D eigenvalue weighted by Crippen LogP contribution is 2.34. The lowest BCUT2D eigenvalue weighted by Crippen LogP contribution is -2.15. The maximum Gasteiger partial charge on any atom is 0.274 e. The molecule has 1 amide bonds. The van der Waals surface area contributed by atoms with Gasteiger partial charge in [-0.1, -0.05) is 60.1 Å². The molecule has 164 valence electrons. The monoisotopic (exact) mass is 462 g/mol. The molecule has 2 radical (unpaired) electrons. The highest BCUT2D eigenvalue weighted by molar-refractivity contribution is 7.21. The Bertz CT molecular complexity index is 1420. The van der Waals surface area contributed by atoms with E-state index in [1.54, 1.807) is 12.3 Å². The van der Waals surface area contributed by atoms with Gasteiger partial charge < -0.3 is 10.1 Å². The van der Waals surface area contributed by atoms with Crippen LogP contribution in [0, 0.1) is 0 Å². The summed E-state index contributed by atoms with van der Waals surface area (Å²) in [5, 5.41) is 3.78. The van der Waals surface area contributed by atoms with Crippen LogP contribution < -0.4 is 10.1 Å². The molecule has 5 aromatic rings. The first-order chi connectivity index (χ1) is 16.7. The number of aromatic nitrogens is 3. The van der Waals surface area contributed by atoms with Gasteiger partial charge >= 0.3 is 0 Å². The molecular weight excluding hydrogens is 443 g/mol. The number of hydrogen-bond donors (Lipinski definition) is 1. The molecule has 0 aliphatic rings. The molecule has 0 saturated heterocycles. The SMILES string of the molecule is [B]CCOc1cc(C(=O)Nc2ccccc2-c2nc3cccnc3s2)nc(-c2ccccc2)c1. The lowest BCUT2D eigenvalue weighted by Gasteiger charge is -2.12. The Morgan fingerprint density at radius 3 is 2.62 bits per heavy atom. The van der Waals surface area contributed by atoms with Gasteiger partial charge in [0.25, 0.3) is 5.91 Å². The Morgan fingerprint density at radius 2 is 1.79 bits per heavy atom. The molecule has 5 rings (SSSR count). The van der Waals surface area contributed by atoms with E-state index in [0.29, 0.717) is 30.1 Å². The number of fused-ring (bicyclic) bond motifs is 1. The fraction of sp³-hybridized carbons (Fsp3) is 0.0769. The molecule has 0 saturated carbocycles. The molecule has 0 spiro atoms. The lowest BCUT2D eigenvalue weighted by atomic mass is 10.1. The number of carbonyl (C=O) groups is 1. The van der Waals surface area contributed by atoms with Gasteiger partial charge in [0.05, 0.1) is 25.8 Å². The van der Waals surface area contributed by atoms with Crippen LogP contribution >= 0.6 is 11.3 Å². The number of carbonyl (C=O) groups excluding carboxylic acids is 1. The van der Waals surface area contributed by atoms with Crippen LogP contribution in [0.2, 0.25) is 6.32 Å². The average Bonchev–Trinajstić information content (AvgIpc) is 3.32. The molecule has 34 heavy (non-hydrogen) atoms. The third kappa shape index (κ3) is 4.67. The fourth-order valence-electron chi connectivity index (χ4n) is 3.49. The van der Waals surface area contributed by atoms with E-state index in [9.17, 15) is 4.79 Å². The van der Waals surface area contributed by atoms with Crippen LogP contribution in [0.25, 0.3) is 32.2 Å². The van der Waals surface area contributed by atoms with Gasteiger partial charge in [-0.05, 0) is 24.3 Å². The van der Waals surface area contributed by atoms with Crippen LogP contribution in [0.1, 0.15) is 10.5 Å². The zero-order valence-electron chi connectivity index (χ0n) is 18.1.